The number of aliphatic hydroxyl groups excluding tert-OH is 1. The summed E-state index contributed by atoms with van der Waals surface area (Å²) in [6, 6.07) is 5.70. The first-order chi connectivity index (χ1) is 7.15. The molecule has 3 nitrogen and oxygen atoms in total. The number of rotatable bonds is 5. The molecule has 0 saturated carbocycles. The van der Waals surface area contributed by atoms with E-state index in [9.17, 15) is 0 Å². The molecule has 1 aromatic carbocycles. The van der Waals surface area contributed by atoms with Crippen LogP contribution in [0.2, 0.25) is 0 Å². The number of hydrogen-bond donors (Lipinski definition) is 3. The summed E-state index contributed by atoms with van der Waals surface area (Å²) < 4.78 is 0.837. The van der Waals surface area contributed by atoms with E-state index in [0.717, 1.165) is 21.5 Å². The van der Waals surface area contributed by atoms with Gasteiger partial charge in [-0.05, 0) is 40.5 Å². The Morgan fingerprint density at radius 1 is 1.53 bits per heavy atom. The predicted molar refractivity (Wildman–Crippen MR) is 67.6 cm³/mol. The van der Waals surface area contributed by atoms with Crippen molar-refractivity contribution in [1.82, 2.24) is 0 Å². The Balaban J connectivity index is 2.69. The monoisotopic (exact) mass is 288 g/mol. The van der Waals surface area contributed by atoms with Crippen LogP contribution >= 0.6 is 27.7 Å². The van der Waals surface area contributed by atoms with Gasteiger partial charge < -0.3 is 10.8 Å². The van der Waals surface area contributed by atoms with E-state index in [1.165, 1.54) is 0 Å². The molecule has 0 aliphatic carbocycles. The van der Waals surface area contributed by atoms with Crippen LogP contribution in [0.15, 0.2) is 27.6 Å². The van der Waals surface area contributed by atoms with E-state index >= 15 is 0 Å². The Morgan fingerprint density at radius 3 is 2.80 bits per heavy atom. The lowest BCUT2D eigenvalue weighted by atomic mass is 10.2. The minimum atomic E-state index is 0.0637. The van der Waals surface area contributed by atoms with Gasteiger partial charge in [0.15, 0.2) is 0 Å². The van der Waals surface area contributed by atoms with Crippen LogP contribution in [0.25, 0.3) is 0 Å². The van der Waals surface area contributed by atoms with E-state index in [1.807, 2.05) is 18.2 Å². The molecule has 0 aromatic heterocycles. The van der Waals surface area contributed by atoms with Crippen LogP contribution in [0.3, 0.4) is 0 Å². The molecule has 0 atom stereocenters. The third-order valence-corrected chi connectivity index (χ3v) is 3.54. The van der Waals surface area contributed by atoms with E-state index in [1.54, 1.807) is 11.8 Å². The molecule has 0 fully saturated rings. The molecule has 0 amide bonds. The maximum atomic E-state index is 8.65. The summed E-state index contributed by atoms with van der Waals surface area (Å²) in [5.41, 5.74) is 6.11. The highest BCUT2D eigenvalue weighted by Crippen LogP contribution is 2.25. The first-order valence-corrected chi connectivity index (χ1v) is 6.30. The fourth-order valence-electron chi connectivity index (χ4n) is 1.06. The fraction of sp³-hybridized carbons (Fsp3) is 0.300. The van der Waals surface area contributed by atoms with Crippen molar-refractivity contribution in [2.45, 2.75) is 11.3 Å². The zero-order chi connectivity index (χ0) is 11.3. The smallest absolute Gasteiger partial charge is 0.123 e. The number of aliphatic hydroxyl groups is 1. The van der Waals surface area contributed by atoms with Crippen molar-refractivity contribution in [3.8, 4) is 0 Å². The van der Waals surface area contributed by atoms with Crippen molar-refractivity contribution in [2.24, 2.45) is 5.73 Å². The Kier molecular flexibility index (Phi) is 5.14. The predicted octanol–water partition coefficient (Wildman–Crippen LogP) is 2.21. The number of nitrogens with two attached hydrogens (primary N) is 1. The highest BCUT2D eigenvalue weighted by molar-refractivity contribution is 9.10. The summed E-state index contributed by atoms with van der Waals surface area (Å²) in [4.78, 5) is 1.11. The quantitative estimate of drug-likeness (QED) is 0.337. The van der Waals surface area contributed by atoms with Gasteiger partial charge in [-0.25, -0.2) is 0 Å². The lowest BCUT2D eigenvalue weighted by Gasteiger charge is -2.05. The first kappa shape index (κ1) is 12.5. The van der Waals surface area contributed by atoms with E-state index in [0.29, 0.717) is 5.56 Å². The molecule has 0 spiro atoms. The SMILES string of the molecule is N=C(N)c1ccc(SCCCO)cc1Br. The van der Waals surface area contributed by atoms with Crippen LogP contribution < -0.4 is 5.73 Å². The van der Waals surface area contributed by atoms with E-state index in [-0.39, 0.29) is 12.4 Å². The lowest BCUT2D eigenvalue weighted by molar-refractivity contribution is 0.296. The Bertz CT molecular complexity index is 357. The molecule has 0 saturated heterocycles. The second-order valence-electron chi connectivity index (χ2n) is 2.98. The summed E-state index contributed by atoms with van der Waals surface area (Å²) in [7, 11) is 0. The van der Waals surface area contributed by atoms with Gasteiger partial charge in [0, 0.05) is 27.3 Å². The maximum Gasteiger partial charge on any atom is 0.123 e. The number of nitrogen functional groups attached to an aromatic ring is 1. The molecule has 0 unspecified atom stereocenters. The Hall–Kier alpha value is -0.520. The number of benzene rings is 1. The van der Waals surface area contributed by atoms with Gasteiger partial charge in [0.1, 0.15) is 5.84 Å². The van der Waals surface area contributed by atoms with Crippen LogP contribution in [0.1, 0.15) is 12.0 Å². The molecule has 0 radical (unpaired) electrons. The third-order valence-electron chi connectivity index (χ3n) is 1.80. The van der Waals surface area contributed by atoms with E-state index < -0.39 is 0 Å². The van der Waals surface area contributed by atoms with Gasteiger partial charge in [0.05, 0.1) is 0 Å². The second-order valence-corrected chi connectivity index (χ2v) is 5.00. The number of amidine groups is 1. The minimum absolute atomic E-state index is 0.0637. The molecule has 0 aliphatic rings. The van der Waals surface area contributed by atoms with Crippen LogP contribution in [0.5, 0.6) is 0 Å². The molecular formula is C10H13BrN2OS. The average Bonchev–Trinajstić information content (AvgIpc) is 2.17. The van der Waals surface area contributed by atoms with Crippen molar-refractivity contribution in [3.63, 3.8) is 0 Å². The Morgan fingerprint density at radius 2 is 2.27 bits per heavy atom. The van der Waals surface area contributed by atoms with Crippen molar-refractivity contribution < 1.29 is 5.11 Å². The minimum Gasteiger partial charge on any atom is -0.396 e. The largest absolute Gasteiger partial charge is 0.396 e. The number of nitrogens with one attached hydrogen (secondary N) is 1. The molecular weight excluding hydrogens is 276 g/mol. The first-order valence-electron chi connectivity index (χ1n) is 4.52. The van der Waals surface area contributed by atoms with Crippen molar-refractivity contribution in [3.05, 3.63) is 28.2 Å². The van der Waals surface area contributed by atoms with E-state index in [2.05, 4.69) is 15.9 Å². The highest BCUT2D eigenvalue weighted by atomic mass is 79.9. The summed E-state index contributed by atoms with van der Waals surface area (Å²) >= 11 is 5.05. The highest BCUT2D eigenvalue weighted by Gasteiger charge is 2.04. The molecule has 1 aromatic rings. The van der Waals surface area contributed by atoms with Crippen molar-refractivity contribution in [1.29, 1.82) is 5.41 Å². The van der Waals surface area contributed by atoms with Crippen molar-refractivity contribution in [2.75, 3.05) is 12.4 Å². The molecule has 5 heteroatoms. The summed E-state index contributed by atoms with van der Waals surface area (Å²) in [6.45, 7) is 0.222. The summed E-state index contributed by atoms with van der Waals surface area (Å²) in [6.07, 6.45) is 0.788. The van der Waals surface area contributed by atoms with Crippen LogP contribution in [-0.4, -0.2) is 23.3 Å². The number of hydrogen-bond acceptors (Lipinski definition) is 3. The topological polar surface area (TPSA) is 70.1 Å². The average molecular weight is 289 g/mol. The van der Waals surface area contributed by atoms with Gasteiger partial charge in [0.25, 0.3) is 0 Å². The molecule has 4 N–H and O–H groups in total. The molecule has 1 rings (SSSR count). The van der Waals surface area contributed by atoms with Gasteiger partial charge in [-0.1, -0.05) is 0 Å². The molecule has 0 bridgehead atoms. The van der Waals surface area contributed by atoms with Gasteiger partial charge in [-0.15, -0.1) is 11.8 Å². The third kappa shape index (κ3) is 3.85. The van der Waals surface area contributed by atoms with Crippen LogP contribution in [0, 0.1) is 5.41 Å². The summed E-state index contributed by atoms with van der Waals surface area (Å²) in [5, 5.41) is 16.0. The molecule has 0 heterocycles. The number of thioether (sulfide) groups is 1. The zero-order valence-electron chi connectivity index (χ0n) is 8.16. The second kappa shape index (κ2) is 6.15. The number of halogens is 1. The molecule has 15 heavy (non-hydrogen) atoms. The van der Waals surface area contributed by atoms with E-state index in [4.69, 9.17) is 16.2 Å². The standard InChI is InChI=1S/C10H13BrN2OS/c11-9-6-7(15-5-1-4-14)2-3-8(9)10(12)13/h2-3,6,14H,1,4-5H2,(H3,12,13). The molecule has 82 valence electrons. The normalized spacial score (nSPS) is 10.3. The maximum absolute atomic E-state index is 8.65. The van der Waals surface area contributed by atoms with Gasteiger partial charge >= 0.3 is 0 Å². The van der Waals surface area contributed by atoms with Gasteiger partial charge in [0.2, 0.25) is 0 Å². The molecule has 0 aliphatic heterocycles. The zero-order valence-corrected chi connectivity index (χ0v) is 10.6. The van der Waals surface area contributed by atoms with Crippen LogP contribution in [0.4, 0.5) is 0 Å². The van der Waals surface area contributed by atoms with Gasteiger partial charge in [-0.3, -0.25) is 5.41 Å². The fourth-order valence-corrected chi connectivity index (χ4v) is 2.68. The van der Waals surface area contributed by atoms with Gasteiger partial charge in [-0.2, -0.15) is 0 Å². The Labute approximate surface area is 102 Å². The summed E-state index contributed by atoms with van der Waals surface area (Å²) in [5.74, 6) is 0.955. The van der Waals surface area contributed by atoms with Crippen molar-refractivity contribution >= 4 is 33.5 Å². The van der Waals surface area contributed by atoms with Crippen LogP contribution in [-0.2, 0) is 0 Å². The lowest BCUT2D eigenvalue weighted by Crippen LogP contribution is -2.11.